The standard InChI is InChI=1S/C17H18N4O4S/c18-13-15(23)21-14(17(24)25)10(7-26-16(13)21)12(9-1-3-19-6-9)8-2-4-20-11(22)5-8/h2,4-5,13,16,19H,1,3,6-7,18H2,(H,20,22)(H,24,25)/t13-,16-/m1/s1. The lowest BCUT2D eigenvalue weighted by Gasteiger charge is -2.48. The van der Waals surface area contributed by atoms with Crippen molar-refractivity contribution in [1.29, 1.82) is 0 Å². The van der Waals surface area contributed by atoms with Gasteiger partial charge in [-0.05, 0) is 35.7 Å². The maximum absolute atomic E-state index is 12.2. The van der Waals surface area contributed by atoms with Gasteiger partial charge in [0.25, 0.3) is 0 Å². The number of H-pyrrole nitrogens is 1. The van der Waals surface area contributed by atoms with Crippen LogP contribution in [0.25, 0.3) is 5.57 Å². The van der Waals surface area contributed by atoms with Gasteiger partial charge in [0.1, 0.15) is 17.1 Å². The molecule has 26 heavy (non-hydrogen) atoms. The van der Waals surface area contributed by atoms with Crippen molar-refractivity contribution < 1.29 is 14.7 Å². The molecule has 1 aromatic rings. The highest BCUT2D eigenvalue weighted by Gasteiger charge is 2.52. The Bertz CT molecular complexity index is 911. The van der Waals surface area contributed by atoms with Gasteiger partial charge in [-0.2, -0.15) is 0 Å². The first-order valence-electron chi connectivity index (χ1n) is 8.28. The highest BCUT2D eigenvalue weighted by molar-refractivity contribution is 8.00. The van der Waals surface area contributed by atoms with Crippen molar-refractivity contribution in [1.82, 2.24) is 15.2 Å². The van der Waals surface area contributed by atoms with Crippen LogP contribution >= 0.6 is 11.8 Å². The number of thioether (sulfide) groups is 1. The van der Waals surface area contributed by atoms with Crippen molar-refractivity contribution in [2.45, 2.75) is 17.8 Å². The zero-order chi connectivity index (χ0) is 18.4. The largest absolute Gasteiger partial charge is 0.477 e. The number of aromatic amines is 1. The third kappa shape index (κ3) is 2.59. The number of aromatic nitrogens is 1. The molecule has 0 bridgehead atoms. The van der Waals surface area contributed by atoms with Gasteiger partial charge in [0.15, 0.2) is 0 Å². The molecule has 2 atom stereocenters. The van der Waals surface area contributed by atoms with Gasteiger partial charge in [-0.15, -0.1) is 11.8 Å². The molecule has 8 nitrogen and oxygen atoms in total. The summed E-state index contributed by atoms with van der Waals surface area (Å²) in [6.07, 6.45) is 2.31. The lowest BCUT2D eigenvalue weighted by atomic mass is 9.90. The Kier molecular flexibility index (Phi) is 4.22. The zero-order valence-electron chi connectivity index (χ0n) is 13.8. The fourth-order valence-electron chi connectivity index (χ4n) is 3.68. The number of carboxylic acid groups (broad SMARTS) is 1. The Balaban J connectivity index is 1.92. The third-order valence-electron chi connectivity index (χ3n) is 4.87. The molecule has 0 spiro atoms. The van der Waals surface area contributed by atoms with Gasteiger partial charge < -0.3 is 21.1 Å². The Labute approximate surface area is 153 Å². The quantitative estimate of drug-likeness (QED) is 0.535. The molecule has 4 rings (SSSR count). The normalized spacial score (nSPS) is 27.3. The molecule has 9 heteroatoms. The van der Waals surface area contributed by atoms with Crippen LogP contribution in [0.3, 0.4) is 0 Å². The lowest BCUT2D eigenvalue weighted by molar-refractivity contribution is -0.147. The van der Waals surface area contributed by atoms with Crippen LogP contribution in [0.15, 0.2) is 40.0 Å². The minimum absolute atomic E-state index is 0.0184. The molecule has 0 aromatic carbocycles. The van der Waals surface area contributed by atoms with Crippen LogP contribution in [-0.4, -0.2) is 57.1 Å². The lowest BCUT2D eigenvalue weighted by Crippen LogP contribution is -2.68. The molecule has 1 aromatic heterocycles. The number of β-lactam (4-membered cyclic amide) rings is 1. The first-order chi connectivity index (χ1) is 12.5. The summed E-state index contributed by atoms with van der Waals surface area (Å²) in [7, 11) is 0. The Hall–Kier alpha value is -2.36. The van der Waals surface area contributed by atoms with E-state index in [0.29, 0.717) is 23.4 Å². The van der Waals surface area contributed by atoms with Crippen LogP contribution in [0.1, 0.15) is 12.0 Å². The number of carboxylic acids is 1. The molecule has 5 N–H and O–H groups in total. The second-order valence-electron chi connectivity index (χ2n) is 6.41. The fourth-order valence-corrected chi connectivity index (χ4v) is 4.98. The van der Waals surface area contributed by atoms with Crippen molar-refractivity contribution in [3.8, 4) is 0 Å². The van der Waals surface area contributed by atoms with Crippen molar-refractivity contribution in [2.24, 2.45) is 5.73 Å². The number of aliphatic carboxylic acids is 1. The molecule has 2 fully saturated rings. The predicted octanol–water partition coefficient (Wildman–Crippen LogP) is -0.297. The number of rotatable bonds is 3. The number of amides is 1. The van der Waals surface area contributed by atoms with Crippen LogP contribution in [0.5, 0.6) is 0 Å². The number of pyridine rings is 1. The average Bonchev–Trinajstić information content (AvgIpc) is 3.15. The van der Waals surface area contributed by atoms with E-state index < -0.39 is 12.0 Å². The summed E-state index contributed by atoms with van der Waals surface area (Å²) in [5.41, 5.74) is 8.57. The highest BCUT2D eigenvalue weighted by atomic mass is 32.2. The van der Waals surface area contributed by atoms with Crippen LogP contribution in [0.2, 0.25) is 0 Å². The number of carbonyl (C=O) groups is 2. The van der Waals surface area contributed by atoms with Crippen LogP contribution in [0.4, 0.5) is 0 Å². The summed E-state index contributed by atoms with van der Waals surface area (Å²) < 4.78 is 0. The number of fused-ring (bicyclic) bond motifs is 1. The molecule has 3 aliphatic rings. The second kappa shape index (κ2) is 6.42. The van der Waals surface area contributed by atoms with Crippen LogP contribution < -0.4 is 16.6 Å². The first-order valence-corrected chi connectivity index (χ1v) is 9.33. The minimum Gasteiger partial charge on any atom is -0.477 e. The molecule has 0 radical (unpaired) electrons. The van der Waals surface area contributed by atoms with E-state index in [1.165, 1.54) is 22.7 Å². The number of nitrogens with zero attached hydrogens (tertiary/aromatic N) is 1. The second-order valence-corrected chi connectivity index (χ2v) is 7.52. The van der Waals surface area contributed by atoms with Gasteiger partial charge in [-0.1, -0.05) is 0 Å². The molecule has 136 valence electrons. The molecular weight excluding hydrogens is 356 g/mol. The fraction of sp³-hybridized carbons (Fsp3) is 0.353. The predicted molar refractivity (Wildman–Crippen MR) is 97.2 cm³/mol. The SMILES string of the molecule is N[C@@H]1C(=O)N2C(C(=O)O)=C(C(=C3CCNC3)c3cc[nH]c(=O)c3)CS[C@H]12. The number of allylic oxidation sites excluding steroid dienone is 1. The minimum atomic E-state index is -1.15. The number of carbonyl (C=O) groups excluding carboxylic acids is 1. The van der Waals surface area contributed by atoms with E-state index in [1.807, 2.05) is 0 Å². The van der Waals surface area contributed by atoms with Crippen LogP contribution in [-0.2, 0) is 9.59 Å². The van der Waals surface area contributed by atoms with Crippen LogP contribution in [0, 0.1) is 0 Å². The van der Waals surface area contributed by atoms with Gasteiger partial charge in [0.05, 0.1) is 0 Å². The maximum atomic E-state index is 12.2. The number of nitrogens with two attached hydrogens (primary N) is 1. The van der Waals surface area contributed by atoms with Crippen molar-refractivity contribution in [3.63, 3.8) is 0 Å². The van der Waals surface area contributed by atoms with Crippen molar-refractivity contribution in [2.75, 3.05) is 18.8 Å². The molecule has 0 saturated carbocycles. The molecule has 2 saturated heterocycles. The highest BCUT2D eigenvalue weighted by Crippen LogP contribution is 2.44. The average molecular weight is 374 g/mol. The van der Waals surface area contributed by atoms with E-state index in [-0.39, 0.29) is 22.5 Å². The van der Waals surface area contributed by atoms with Gasteiger partial charge in [-0.3, -0.25) is 14.5 Å². The summed E-state index contributed by atoms with van der Waals surface area (Å²) in [4.78, 5) is 39.9. The summed E-state index contributed by atoms with van der Waals surface area (Å²) >= 11 is 1.46. The van der Waals surface area contributed by atoms with E-state index in [1.54, 1.807) is 12.3 Å². The number of hydrogen-bond donors (Lipinski definition) is 4. The van der Waals surface area contributed by atoms with E-state index in [4.69, 9.17) is 5.73 Å². The number of hydrogen-bond acceptors (Lipinski definition) is 6. The van der Waals surface area contributed by atoms with Crippen molar-refractivity contribution in [3.05, 3.63) is 51.1 Å². The maximum Gasteiger partial charge on any atom is 0.352 e. The Morgan fingerprint density at radius 2 is 2.19 bits per heavy atom. The van der Waals surface area contributed by atoms with Gasteiger partial charge >= 0.3 is 5.97 Å². The van der Waals surface area contributed by atoms with Gasteiger partial charge in [0, 0.05) is 30.1 Å². The van der Waals surface area contributed by atoms with Gasteiger partial charge in [0.2, 0.25) is 11.5 Å². The molecule has 0 aliphatic carbocycles. The Morgan fingerprint density at radius 1 is 1.38 bits per heavy atom. The summed E-state index contributed by atoms with van der Waals surface area (Å²) in [5.74, 6) is -1.11. The smallest absolute Gasteiger partial charge is 0.352 e. The van der Waals surface area contributed by atoms with E-state index in [2.05, 4.69) is 10.3 Å². The van der Waals surface area contributed by atoms with Gasteiger partial charge in [-0.25, -0.2) is 4.79 Å². The monoisotopic (exact) mass is 374 g/mol. The van der Waals surface area contributed by atoms with E-state index in [0.717, 1.165) is 24.1 Å². The molecule has 1 amide bonds. The topological polar surface area (TPSA) is 129 Å². The number of nitrogens with one attached hydrogen (secondary N) is 2. The summed E-state index contributed by atoms with van der Waals surface area (Å²) in [5, 5.41) is 12.7. The van der Waals surface area contributed by atoms with E-state index >= 15 is 0 Å². The molecular formula is C17H18N4O4S. The summed E-state index contributed by atoms with van der Waals surface area (Å²) in [6.45, 7) is 1.42. The third-order valence-corrected chi connectivity index (χ3v) is 6.17. The molecule has 3 aliphatic heterocycles. The first kappa shape index (κ1) is 17.1. The summed E-state index contributed by atoms with van der Waals surface area (Å²) in [6, 6.07) is 2.56. The molecule has 4 heterocycles. The Morgan fingerprint density at radius 3 is 2.85 bits per heavy atom. The zero-order valence-corrected chi connectivity index (χ0v) is 14.6. The van der Waals surface area contributed by atoms with Crippen molar-refractivity contribution >= 4 is 29.2 Å². The van der Waals surface area contributed by atoms with E-state index in [9.17, 15) is 19.5 Å². The molecule has 0 unspecified atom stereocenters.